The van der Waals surface area contributed by atoms with Crippen molar-refractivity contribution in [3.63, 3.8) is 0 Å². The van der Waals surface area contributed by atoms with Gasteiger partial charge in [0.15, 0.2) is 0 Å². The van der Waals surface area contributed by atoms with E-state index in [0.29, 0.717) is 16.9 Å². The van der Waals surface area contributed by atoms with E-state index in [2.05, 4.69) is 10.6 Å². The van der Waals surface area contributed by atoms with Gasteiger partial charge in [-0.2, -0.15) is 0 Å². The number of halogens is 1. The Morgan fingerprint density at radius 2 is 1.42 bits per heavy atom. The number of aryl methyl sites for hydroxylation is 1. The van der Waals surface area contributed by atoms with E-state index >= 15 is 0 Å². The summed E-state index contributed by atoms with van der Waals surface area (Å²) in [6, 6.07) is 19.7. The van der Waals surface area contributed by atoms with Crippen molar-refractivity contribution in [1.82, 2.24) is 0 Å². The molecule has 26 heavy (non-hydrogen) atoms. The van der Waals surface area contributed by atoms with Gasteiger partial charge in [-0.05, 0) is 55.0 Å². The Morgan fingerprint density at radius 3 is 2.15 bits per heavy atom. The second-order valence-electron chi connectivity index (χ2n) is 5.84. The summed E-state index contributed by atoms with van der Waals surface area (Å²) in [5, 5.41) is 5.42. The van der Waals surface area contributed by atoms with Gasteiger partial charge in [-0.25, -0.2) is 4.39 Å². The van der Waals surface area contributed by atoms with Gasteiger partial charge < -0.3 is 10.6 Å². The maximum Gasteiger partial charge on any atom is 0.258 e. The van der Waals surface area contributed by atoms with Crippen molar-refractivity contribution in [3.8, 4) is 0 Å². The van der Waals surface area contributed by atoms with Crippen LogP contribution in [0.3, 0.4) is 0 Å². The fourth-order valence-corrected chi connectivity index (χ4v) is 2.51. The van der Waals surface area contributed by atoms with Crippen LogP contribution >= 0.6 is 0 Å². The van der Waals surface area contributed by atoms with Crippen LogP contribution in [0.5, 0.6) is 0 Å². The van der Waals surface area contributed by atoms with Crippen LogP contribution in [0.2, 0.25) is 0 Å². The van der Waals surface area contributed by atoms with E-state index < -0.39 is 11.7 Å². The van der Waals surface area contributed by atoms with Crippen molar-refractivity contribution in [3.05, 3.63) is 95.3 Å². The molecule has 0 unspecified atom stereocenters. The van der Waals surface area contributed by atoms with Crippen LogP contribution < -0.4 is 10.6 Å². The number of carbonyl (C=O) groups excluding carboxylic acids is 2. The SMILES string of the molecule is Cc1cccc(NC(=O)c2cccc(NC(=O)c3ccccc3F)c2)c1. The largest absolute Gasteiger partial charge is 0.322 e. The number of nitrogens with one attached hydrogen (secondary N) is 2. The van der Waals surface area contributed by atoms with Gasteiger partial charge in [0.1, 0.15) is 5.82 Å². The Morgan fingerprint density at radius 1 is 0.769 bits per heavy atom. The zero-order valence-corrected chi connectivity index (χ0v) is 14.1. The van der Waals surface area contributed by atoms with E-state index in [1.54, 1.807) is 36.4 Å². The van der Waals surface area contributed by atoms with Crippen LogP contribution in [-0.2, 0) is 0 Å². The number of anilines is 2. The van der Waals surface area contributed by atoms with Gasteiger partial charge >= 0.3 is 0 Å². The quantitative estimate of drug-likeness (QED) is 0.722. The first kappa shape index (κ1) is 17.4. The van der Waals surface area contributed by atoms with Crippen LogP contribution in [0.25, 0.3) is 0 Å². The standard InChI is InChI=1S/C21H17FN2O2/c1-14-6-4-8-16(12-14)23-20(25)15-7-5-9-17(13-15)24-21(26)18-10-2-3-11-19(18)22/h2-13H,1H3,(H,23,25)(H,24,26). The molecule has 3 aromatic rings. The first-order valence-corrected chi connectivity index (χ1v) is 8.07. The highest BCUT2D eigenvalue weighted by Crippen LogP contribution is 2.16. The second-order valence-corrected chi connectivity index (χ2v) is 5.84. The Bertz CT molecular complexity index is 969. The number of hydrogen-bond acceptors (Lipinski definition) is 2. The lowest BCUT2D eigenvalue weighted by atomic mass is 10.1. The Hall–Kier alpha value is -3.47. The van der Waals surface area contributed by atoms with E-state index in [1.165, 1.54) is 18.2 Å². The van der Waals surface area contributed by atoms with E-state index in [0.717, 1.165) is 5.56 Å². The molecule has 3 aromatic carbocycles. The van der Waals surface area contributed by atoms with Crippen molar-refractivity contribution in [2.75, 3.05) is 10.6 Å². The summed E-state index contributed by atoms with van der Waals surface area (Å²) in [4.78, 5) is 24.6. The summed E-state index contributed by atoms with van der Waals surface area (Å²) in [6.45, 7) is 1.94. The number of carbonyl (C=O) groups is 2. The lowest BCUT2D eigenvalue weighted by Gasteiger charge is -2.09. The van der Waals surface area contributed by atoms with E-state index in [4.69, 9.17) is 0 Å². The summed E-state index contributed by atoms with van der Waals surface area (Å²) >= 11 is 0. The highest BCUT2D eigenvalue weighted by atomic mass is 19.1. The summed E-state index contributed by atoms with van der Waals surface area (Å²) in [5.41, 5.74) is 2.47. The van der Waals surface area contributed by atoms with E-state index in [-0.39, 0.29) is 11.5 Å². The predicted molar refractivity (Wildman–Crippen MR) is 99.9 cm³/mol. The molecule has 0 aliphatic carbocycles. The molecule has 2 N–H and O–H groups in total. The maximum atomic E-state index is 13.7. The first-order valence-electron chi connectivity index (χ1n) is 8.07. The Kier molecular flexibility index (Phi) is 5.08. The molecule has 3 rings (SSSR count). The van der Waals surface area contributed by atoms with Gasteiger partial charge in [-0.1, -0.05) is 30.3 Å². The summed E-state index contributed by atoms with van der Waals surface area (Å²) < 4.78 is 13.7. The molecule has 0 bridgehead atoms. The average Bonchev–Trinajstić information content (AvgIpc) is 2.62. The minimum atomic E-state index is -0.599. The number of amides is 2. The summed E-state index contributed by atoms with van der Waals surface area (Å²) in [6.07, 6.45) is 0. The van der Waals surface area contributed by atoms with Crippen LogP contribution in [-0.4, -0.2) is 11.8 Å². The zero-order valence-electron chi connectivity index (χ0n) is 14.1. The summed E-state index contributed by atoms with van der Waals surface area (Å²) in [5.74, 6) is -1.46. The number of benzene rings is 3. The molecule has 0 fully saturated rings. The van der Waals surface area contributed by atoms with Crippen molar-refractivity contribution in [2.24, 2.45) is 0 Å². The third-order valence-corrected chi connectivity index (χ3v) is 3.78. The molecule has 2 amide bonds. The monoisotopic (exact) mass is 348 g/mol. The van der Waals surface area contributed by atoms with Crippen LogP contribution in [0.1, 0.15) is 26.3 Å². The molecule has 0 aliphatic rings. The van der Waals surface area contributed by atoms with Gasteiger partial charge in [-0.3, -0.25) is 9.59 Å². The molecular formula is C21H17FN2O2. The number of hydrogen-bond donors (Lipinski definition) is 2. The Labute approximate surface area is 150 Å². The normalized spacial score (nSPS) is 10.2. The van der Waals surface area contributed by atoms with Gasteiger partial charge in [0.05, 0.1) is 5.56 Å². The molecule has 0 saturated heterocycles. The van der Waals surface area contributed by atoms with Crippen molar-refractivity contribution >= 4 is 23.2 Å². The highest BCUT2D eigenvalue weighted by Gasteiger charge is 2.12. The lowest BCUT2D eigenvalue weighted by molar-refractivity contribution is 0.101. The molecule has 4 nitrogen and oxygen atoms in total. The van der Waals surface area contributed by atoms with Crippen LogP contribution in [0.4, 0.5) is 15.8 Å². The lowest BCUT2D eigenvalue weighted by Crippen LogP contribution is -2.15. The average molecular weight is 348 g/mol. The molecule has 0 aromatic heterocycles. The Balaban J connectivity index is 1.74. The molecule has 0 heterocycles. The first-order chi connectivity index (χ1) is 12.5. The van der Waals surface area contributed by atoms with Crippen molar-refractivity contribution < 1.29 is 14.0 Å². The second kappa shape index (κ2) is 7.61. The fourth-order valence-electron chi connectivity index (χ4n) is 2.51. The van der Waals surface area contributed by atoms with Gasteiger partial charge in [0.2, 0.25) is 0 Å². The zero-order chi connectivity index (χ0) is 18.5. The van der Waals surface area contributed by atoms with E-state index in [9.17, 15) is 14.0 Å². The van der Waals surface area contributed by atoms with Crippen molar-refractivity contribution in [2.45, 2.75) is 6.92 Å². The molecule has 0 saturated carbocycles. The van der Waals surface area contributed by atoms with Gasteiger partial charge in [0, 0.05) is 16.9 Å². The molecule has 0 atom stereocenters. The molecule has 0 radical (unpaired) electrons. The molecule has 0 spiro atoms. The number of rotatable bonds is 4. The van der Waals surface area contributed by atoms with Crippen LogP contribution in [0, 0.1) is 12.7 Å². The molecule has 130 valence electrons. The summed E-state index contributed by atoms with van der Waals surface area (Å²) in [7, 11) is 0. The fraction of sp³-hybridized carbons (Fsp3) is 0.0476. The molecular weight excluding hydrogens is 331 g/mol. The predicted octanol–water partition coefficient (Wildman–Crippen LogP) is 4.64. The molecule has 5 heteroatoms. The van der Waals surface area contributed by atoms with Gasteiger partial charge in [-0.15, -0.1) is 0 Å². The van der Waals surface area contributed by atoms with E-state index in [1.807, 2.05) is 25.1 Å². The van der Waals surface area contributed by atoms with Gasteiger partial charge in [0.25, 0.3) is 11.8 Å². The van der Waals surface area contributed by atoms with Crippen molar-refractivity contribution in [1.29, 1.82) is 0 Å². The third-order valence-electron chi connectivity index (χ3n) is 3.78. The third kappa shape index (κ3) is 4.13. The van der Waals surface area contributed by atoms with Crippen LogP contribution in [0.15, 0.2) is 72.8 Å². The maximum absolute atomic E-state index is 13.7. The minimum Gasteiger partial charge on any atom is -0.322 e. The topological polar surface area (TPSA) is 58.2 Å². The smallest absolute Gasteiger partial charge is 0.258 e. The highest BCUT2D eigenvalue weighted by molar-refractivity contribution is 6.07. The molecule has 0 aliphatic heterocycles. The minimum absolute atomic E-state index is 0.0536.